The fraction of sp³-hybridized carbons (Fsp3) is 0.462. The van der Waals surface area contributed by atoms with Crippen molar-refractivity contribution in [2.75, 3.05) is 18.1 Å². The van der Waals surface area contributed by atoms with Gasteiger partial charge in [-0.25, -0.2) is 0 Å². The number of carboxylic acids is 1. The lowest BCUT2D eigenvalue weighted by Crippen LogP contribution is -2.32. The van der Waals surface area contributed by atoms with Crippen LogP contribution in [0, 0.1) is 0 Å². The monoisotopic (exact) mass is 267 g/mol. The summed E-state index contributed by atoms with van der Waals surface area (Å²) in [6.07, 6.45) is 1.01. The number of aliphatic carboxylic acids is 1. The number of nitrogens with two attached hydrogens (primary N) is 1. The van der Waals surface area contributed by atoms with Crippen LogP contribution >= 0.6 is 11.8 Å². The highest BCUT2D eigenvalue weighted by molar-refractivity contribution is 7.99. The number of ether oxygens (including phenoxy) is 1. The van der Waals surface area contributed by atoms with E-state index in [9.17, 15) is 4.79 Å². The molecule has 4 nitrogen and oxygen atoms in total. The molecule has 0 bridgehead atoms. The van der Waals surface area contributed by atoms with Gasteiger partial charge in [-0.3, -0.25) is 4.79 Å². The lowest BCUT2D eigenvalue weighted by Gasteiger charge is -2.26. The predicted molar refractivity (Wildman–Crippen MR) is 71.8 cm³/mol. The van der Waals surface area contributed by atoms with E-state index < -0.39 is 12.0 Å². The third-order valence-corrected chi connectivity index (χ3v) is 4.11. The van der Waals surface area contributed by atoms with E-state index in [0.717, 1.165) is 18.8 Å². The van der Waals surface area contributed by atoms with E-state index in [4.69, 9.17) is 15.6 Å². The highest BCUT2D eigenvalue weighted by atomic mass is 32.2. The van der Waals surface area contributed by atoms with Crippen molar-refractivity contribution in [2.24, 2.45) is 5.73 Å². The van der Waals surface area contributed by atoms with Crippen LogP contribution in [0.4, 0.5) is 0 Å². The van der Waals surface area contributed by atoms with Crippen LogP contribution in [-0.4, -0.2) is 35.2 Å². The molecule has 98 valence electrons. The second kappa shape index (κ2) is 6.22. The van der Waals surface area contributed by atoms with Crippen molar-refractivity contribution < 1.29 is 14.6 Å². The molecule has 0 saturated carbocycles. The van der Waals surface area contributed by atoms with Gasteiger partial charge in [0.05, 0.1) is 12.7 Å². The summed E-state index contributed by atoms with van der Waals surface area (Å²) in [6, 6.07) is 7.45. The van der Waals surface area contributed by atoms with E-state index >= 15 is 0 Å². The Morgan fingerprint density at radius 1 is 1.56 bits per heavy atom. The first kappa shape index (κ1) is 13.4. The van der Waals surface area contributed by atoms with Gasteiger partial charge in [0.25, 0.3) is 0 Å². The molecule has 18 heavy (non-hydrogen) atoms. The molecule has 0 spiro atoms. The molecule has 0 saturated heterocycles. The molecule has 1 aromatic rings. The molecule has 0 radical (unpaired) electrons. The first-order valence-corrected chi connectivity index (χ1v) is 7.09. The molecule has 1 unspecified atom stereocenters. The van der Waals surface area contributed by atoms with Gasteiger partial charge in [-0.15, -0.1) is 0 Å². The van der Waals surface area contributed by atoms with Crippen LogP contribution in [0.15, 0.2) is 24.3 Å². The van der Waals surface area contributed by atoms with Crippen molar-refractivity contribution >= 4 is 17.7 Å². The van der Waals surface area contributed by atoms with Gasteiger partial charge in [0, 0.05) is 11.5 Å². The van der Waals surface area contributed by atoms with Crippen molar-refractivity contribution in [3.8, 4) is 0 Å². The molecule has 0 fully saturated rings. The van der Waals surface area contributed by atoms with Crippen LogP contribution in [0.25, 0.3) is 0 Å². The fourth-order valence-corrected chi connectivity index (χ4v) is 3.01. The molecule has 2 rings (SSSR count). The predicted octanol–water partition coefficient (Wildman–Crippen LogP) is 1.45. The Bertz CT molecular complexity index is 424. The minimum atomic E-state index is -0.951. The van der Waals surface area contributed by atoms with E-state index in [1.54, 1.807) is 0 Å². The van der Waals surface area contributed by atoms with Gasteiger partial charge in [-0.2, -0.15) is 11.8 Å². The summed E-state index contributed by atoms with van der Waals surface area (Å²) in [6.45, 7) is 0.729. The molecule has 1 aliphatic rings. The normalized spacial score (nSPS) is 20.2. The number of carbonyl (C=O) groups is 1. The number of thioether (sulfide) groups is 1. The van der Waals surface area contributed by atoms with Crippen molar-refractivity contribution in [1.29, 1.82) is 0 Å². The summed E-state index contributed by atoms with van der Waals surface area (Å²) >= 11 is 1.53. The van der Waals surface area contributed by atoms with Crippen LogP contribution in [-0.2, 0) is 16.0 Å². The number of hydrogen-bond donors (Lipinski definition) is 2. The standard InChI is InChI=1S/C13H17NO3S/c14-11(13(15)16)7-18-8-12-10-4-2-1-3-9(10)5-6-17-12/h1-4,11-12H,5-8,14H2,(H,15,16)/t11-,12?/m0/s1. The van der Waals surface area contributed by atoms with Gasteiger partial charge < -0.3 is 15.6 Å². The van der Waals surface area contributed by atoms with Crippen molar-refractivity contribution in [1.82, 2.24) is 0 Å². The van der Waals surface area contributed by atoms with Gasteiger partial charge in [0.1, 0.15) is 6.04 Å². The average Bonchev–Trinajstić information content (AvgIpc) is 2.38. The molecular formula is C13H17NO3S. The zero-order valence-corrected chi connectivity index (χ0v) is 10.9. The second-order valence-electron chi connectivity index (χ2n) is 4.29. The topological polar surface area (TPSA) is 72.5 Å². The zero-order valence-electron chi connectivity index (χ0n) is 10.0. The molecule has 0 aromatic heterocycles. The average molecular weight is 267 g/mol. The highest BCUT2D eigenvalue weighted by Gasteiger charge is 2.21. The summed E-state index contributed by atoms with van der Waals surface area (Å²) in [7, 11) is 0. The van der Waals surface area contributed by atoms with E-state index in [1.165, 1.54) is 22.9 Å². The minimum Gasteiger partial charge on any atom is -0.480 e. The minimum absolute atomic E-state index is 0.0564. The summed E-state index contributed by atoms with van der Waals surface area (Å²) in [5, 5.41) is 8.71. The smallest absolute Gasteiger partial charge is 0.321 e. The molecule has 0 aliphatic carbocycles. The van der Waals surface area contributed by atoms with Gasteiger partial charge in [-0.1, -0.05) is 24.3 Å². The second-order valence-corrected chi connectivity index (χ2v) is 5.37. The van der Waals surface area contributed by atoms with Crippen molar-refractivity contribution in [3.63, 3.8) is 0 Å². The van der Waals surface area contributed by atoms with E-state index in [1.807, 2.05) is 12.1 Å². The Hall–Kier alpha value is -1.04. The first-order valence-electron chi connectivity index (χ1n) is 5.94. The molecule has 1 aromatic carbocycles. The Balaban J connectivity index is 1.90. The van der Waals surface area contributed by atoms with Crippen LogP contribution in [0.3, 0.4) is 0 Å². The molecule has 1 aliphatic heterocycles. The highest BCUT2D eigenvalue weighted by Crippen LogP contribution is 2.29. The molecular weight excluding hydrogens is 250 g/mol. The number of carboxylic acid groups (broad SMARTS) is 1. The number of rotatable bonds is 5. The summed E-state index contributed by atoms with van der Waals surface area (Å²) in [4.78, 5) is 10.6. The number of benzene rings is 1. The third-order valence-electron chi connectivity index (χ3n) is 2.98. The van der Waals surface area contributed by atoms with Crippen LogP contribution in [0.1, 0.15) is 17.2 Å². The van der Waals surface area contributed by atoms with E-state index in [2.05, 4.69) is 12.1 Å². The quantitative estimate of drug-likeness (QED) is 0.844. The Morgan fingerprint density at radius 2 is 2.33 bits per heavy atom. The van der Waals surface area contributed by atoms with Crippen molar-refractivity contribution in [2.45, 2.75) is 18.6 Å². The van der Waals surface area contributed by atoms with Gasteiger partial charge in [0.2, 0.25) is 0 Å². The Labute approximate surface area is 111 Å². The Kier molecular flexibility index (Phi) is 4.63. The Morgan fingerprint density at radius 3 is 3.11 bits per heavy atom. The zero-order chi connectivity index (χ0) is 13.0. The summed E-state index contributed by atoms with van der Waals surface area (Å²) in [5.74, 6) is 0.211. The van der Waals surface area contributed by atoms with Gasteiger partial charge in [-0.05, 0) is 17.5 Å². The fourth-order valence-electron chi connectivity index (χ4n) is 1.99. The van der Waals surface area contributed by atoms with Gasteiger partial charge in [0.15, 0.2) is 0 Å². The summed E-state index contributed by atoms with van der Waals surface area (Å²) < 4.78 is 5.74. The van der Waals surface area contributed by atoms with Crippen LogP contribution in [0.2, 0.25) is 0 Å². The maximum atomic E-state index is 10.6. The van der Waals surface area contributed by atoms with E-state index in [-0.39, 0.29) is 6.10 Å². The van der Waals surface area contributed by atoms with Crippen LogP contribution < -0.4 is 5.73 Å². The molecule has 1 heterocycles. The lowest BCUT2D eigenvalue weighted by atomic mass is 9.99. The SMILES string of the molecule is N[C@@H](CSCC1OCCc2ccccc21)C(=O)O. The molecule has 2 atom stereocenters. The number of hydrogen-bond acceptors (Lipinski definition) is 4. The maximum Gasteiger partial charge on any atom is 0.321 e. The third kappa shape index (κ3) is 3.25. The largest absolute Gasteiger partial charge is 0.480 e. The van der Waals surface area contributed by atoms with E-state index in [0.29, 0.717) is 5.75 Å². The maximum absolute atomic E-state index is 10.6. The lowest BCUT2D eigenvalue weighted by molar-refractivity contribution is -0.137. The molecule has 3 N–H and O–H groups in total. The van der Waals surface area contributed by atoms with Crippen LogP contribution in [0.5, 0.6) is 0 Å². The molecule has 0 amide bonds. The van der Waals surface area contributed by atoms with Crippen molar-refractivity contribution in [3.05, 3.63) is 35.4 Å². The number of fused-ring (bicyclic) bond motifs is 1. The van der Waals surface area contributed by atoms with Gasteiger partial charge >= 0.3 is 5.97 Å². The molecule has 5 heteroatoms. The summed E-state index contributed by atoms with van der Waals surface area (Å²) in [5.41, 5.74) is 8.02. The first-order chi connectivity index (χ1) is 8.68.